The van der Waals surface area contributed by atoms with Crippen molar-refractivity contribution < 1.29 is 9.59 Å². The standard InChI is InChI=1S/C34H19NO2.2C2H6/c1-16-6-7-19-21-9-11-23-25-13-15-27-32-26(33(36)35(2)34(27)37)14-12-24(31(25)32)22-10-8-20(29(21)30(22)23)18-5-3-4-17(16)28(18)19;2*1-2/h3-15H,1-2H3;2*1-2H3. The summed E-state index contributed by atoms with van der Waals surface area (Å²) in [5.74, 6) is -0.477. The van der Waals surface area contributed by atoms with Crippen molar-refractivity contribution >= 4 is 87.2 Å². The molecule has 1 heterocycles. The van der Waals surface area contributed by atoms with Crippen LogP contribution in [-0.4, -0.2) is 23.8 Å². The van der Waals surface area contributed by atoms with Gasteiger partial charge in [0.1, 0.15) is 0 Å². The molecule has 0 fully saturated rings. The van der Waals surface area contributed by atoms with Crippen LogP contribution in [0.2, 0.25) is 0 Å². The van der Waals surface area contributed by atoms with E-state index in [1.807, 2.05) is 39.8 Å². The zero-order valence-corrected chi connectivity index (χ0v) is 24.3. The van der Waals surface area contributed by atoms with E-state index in [0.29, 0.717) is 11.1 Å². The second kappa shape index (κ2) is 8.87. The van der Waals surface area contributed by atoms with E-state index >= 15 is 0 Å². The molecule has 200 valence electrons. The highest BCUT2D eigenvalue weighted by atomic mass is 16.2. The zero-order valence-electron chi connectivity index (χ0n) is 24.3. The topological polar surface area (TPSA) is 37.4 Å². The van der Waals surface area contributed by atoms with Crippen LogP contribution >= 0.6 is 0 Å². The third kappa shape index (κ3) is 2.98. The third-order valence-electron chi connectivity index (χ3n) is 8.81. The second-order valence-corrected chi connectivity index (χ2v) is 10.5. The minimum Gasteiger partial charge on any atom is -0.277 e. The quantitative estimate of drug-likeness (QED) is 0.110. The fourth-order valence-electron chi connectivity index (χ4n) is 7.15. The zero-order chi connectivity index (χ0) is 28.7. The van der Waals surface area contributed by atoms with E-state index in [-0.39, 0.29) is 11.8 Å². The molecule has 9 rings (SSSR count). The Kier molecular flexibility index (Phi) is 5.46. The summed E-state index contributed by atoms with van der Waals surface area (Å²) < 4.78 is 0. The number of hydrogen-bond acceptors (Lipinski definition) is 2. The molecule has 0 spiro atoms. The summed E-state index contributed by atoms with van der Waals surface area (Å²) >= 11 is 0. The van der Waals surface area contributed by atoms with Gasteiger partial charge >= 0.3 is 0 Å². The Morgan fingerprint density at radius 3 is 1.24 bits per heavy atom. The number of amides is 2. The predicted octanol–water partition coefficient (Wildman–Crippen LogP) is 10.2. The van der Waals surface area contributed by atoms with Crippen LogP contribution in [0.3, 0.4) is 0 Å². The SMILES string of the molecule is CC.CC.Cc1ccc2c3ccc4c5ccc6c7c(ccc(c8ccc(c9cccc1c92)c3c84)c75)C(=O)N(C)C6=O. The molecule has 8 aromatic carbocycles. The van der Waals surface area contributed by atoms with Crippen molar-refractivity contribution in [3.05, 3.63) is 95.6 Å². The molecule has 1 aliphatic rings. The van der Waals surface area contributed by atoms with E-state index in [4.69, 9.17) is 0 Å². The molecular formula is C38H31NO2. The number of aryl methyl sites for hydroxylation is 1. The summed E-state index contributed by atoms with van der Waals surface area (Å²) in [5.41, 5.74) is 2.49. The Bertz CT molecular complexity index is 2240. The molecule has 2 amide bonds. The molecule has 0 bridgehead atoms. The maximum absolute atomic E-state index is 13.1. The van der Waals surface area contributed by atoms with Gasteiger partial charge in [0.05, 0.1) is 0 Å². The van der Waals surface area contributed by atoms with Crippen LogP contribution < -0.4 is 0 Å². The van der Waals surface area contributed by atoms with E-state index in [1.54, 1.807) is 7.05 Å². The molecule has 0 aromatic heterocycles. The molecule has 0 unspecified atom stereocenters. The minimum atomic E-state index is -0.239. The lowest BCUT2D eigenvalue weighted by molar-refractivity contribution is 0.0651. The molecule has 0 saturated carbocycles. The van der Waals surface area contributed by atoms with Gasteiger partial charge in [-0.05, 0) is 94.6 Å². The Morgan fingerprint density at radius 2 is 0.756 bits per heavy atom. The molecule has 8 aromatic rings. The number of carbonyl (C=O) groups excluding carboxylic acids is 2. The van der Waals surface area contributed by atoms with Crippen LogP contribution in [0.15, 0.2) is 78.9 Å². The molecule has 0 aliphatic carbocycles. The first-order valence-corrected chi connectivity index (χ1v) is 14.6. The maximum Gasteiger partial charge on any atom is 0.261 e. The normalized spacial score (nSPS) is 13.2. The predicted molar refractivity (Wildman–Crippen MR) is 175 cm³/mol. The Balaban J connectivity index is 0.000000664. The Morgan fingerprint density at radius 1 is 0.415 bits per heavy atom. The number of fused-ring (bicyclic) bond motifs is 4. The number of carbonyl (C=O) groups is 2. The number of hydrogen-bond donors (Lipinski definition) is 0. The van der Waals surface area contributed by atoms with Crippen LogP contribution in [0.4, 0.5) is 0 Å². The summed E-state index contributed by atoms with van der Waals surface area (Å²) in [7, 11) is 1.56. The highest BCUT2D eigenvalue weighted by molar-refractivity contribution is 6.44. The van der Waals surface area contributed by atoms with Crippen LogP contribution in [0.1, 0.15) is 54.0 Å². The fraction of sp³-hybridized carbons (Fsp3) is 0.158. The molecule has 41 heavy (non-hydrogen) atoms. The van der Waals surface area contributed by atoms with Gasteiger partial charge in [0.15, 0.2) is 0 Å². The van der Waals surface area contributed by atoms with Crippen molar-refractivity contribution in [3.63, 3.8) is 0 Å². The number of imide groups is 1. The summed E-state index contributed by atoms with van der Waals surface area (Å²) in [6.45, 7) is 10.2. The number of rotatable bonds is 0. The van der Waals surface area contributed by atoms with Crippen molar-refractivity contribution in [1.29, 1.82) is 0 Å². The van der Waals surface area contributed by atoms with Crippen molar-refractivity contribution in [3.8, 4) is 0 Å². The molecule has 3 heteroatoms. The van der Waals surface area contributed by atoms with Gasteiger partial charge in [-0.25, -0.2) is 0 Å². The average molecular weight is 534 g/mol. The first-order chi connectivity index (χ1) is 20.0. The Labute approximate surface area is 238 Å². The van der Waals surface area contributed by atoms with Crippen LogP contribution in [-0.2, 0) is 0 Å². The lowest BCUT2D eigenvalue weighted by Gasteiger charge is -2.26. The first kappa shape index (κ1) is 25.2. The lowest BCUT2D eigenvalue weighted by atomic mass is 9.82. The average Bonchev–Trinajstić information content (AvgIpc) is 3.03. The molecular weight excluding hydrogens is 502 g/mol. The van der Waals surface area contributed by atoms with Crippen LogP contribution in [0, 0.1) is 6.92 Å². The van der Waals surface area contributed by atoms with Gasteiger partial charge in [0, 0.05) is 23.6 Å². The fourth-order valence-corrected chi connectivity index (χ4v) is 7.15. The Hall–Kier alpha value is -4.76. The van der Waals surface area contributed by atoms with E-state index in [2.05, 4.69) is 73.7 Å². The third-order valence-corrected chi connectivity index (χ3v) is 8.81. The first-order valence-electron chi connectivity index (χ1n) is 14.6. The molecule has 1 aliphatic heterocycles. The van der Waals surface area contributed by atoms with Crippen molar-refractivity contribution in [1.82, 2.24) is 4.90 Å². The van der Waals surface area contributed by atoms with Gasteiger partial charge in [-0.2, -0.15) is 0 Å². The van der Waals surface area contributed by atoms with Gasteiger partial charge in [-0.3, -0.25) is 14.5 Å². The smallest absolute Gasteiger partial charge is 0.261 e. The summed E-state index contributed by atoms with van der Waals surface area (Å²) in [4.78, 5) is 27.3. The van der Waals surface area contributed by atoms with Crippen molar-refractivity contribution in [2.24, 2.45) is 0 Å². The molecule has 0 radical (unpaired) electrons. The number of benzene rings is 8. The van der Waals surface area contributed by atoms with Gasteiger partial charge in [0.25, 0.3) is 11.8 Å². The monoisotopic (exact) mass is 533 g/mol. The van der Waals surface area contributed by atoms with Crippen molar-refractivity contribution in [2.75, 3.05) is 7.05 Å². The number of nitrogens with zero attached hydrogens (tertiary/aromatic N) is 1. The minimum absolute atomic E-state index is 0.239. The van der Waals surface area contributed by atoms with Gasteiger partial charge in [-0.15, -0.1) is 0 Å². The summed E-state index contributed by atoms with van der Waals surface area (Å²) in [6, 6.07) is 28.0. The van der Waals surface area contributed by atoms with Gasteiger partial charge in [0.2, 0.25) is 0 Å². The van der Waals surface area contributed by atoms with E-state index in [0.717, 1.165) is 32.3 Å². The van der Waals surface area contributed by atoms with E-state index < -0.39 is 0 Å². The van der Waals surface area contributed by atoms with Crippen molar-refractivity contribution in [2.45, 2.75) is 34.6 Å². The lowest BCUT2D eigenvalue weighted by Crippen LogP contribution is -2.36. The van der Waals surface area contributed by atoms with Crippen LogP contribution in [0.25, 0.3) is 75.4 Å². The molecule has 0 atom stereocenters. The molecule has 0 saturated heterocycles. The highest BCUT2D eigenvalue weighted by Crippen LogP contribution is 2.48. The van der Waals surface area contributed by atoms with Crippen LogP contribution in [0.5, 0.6) is 0 Å². The van der Waals surface area contributed by atoms with E-state index in [9.17, 15) is 9.59 Å². The maximum atomic E-state index is 13.1. The summed E-state index contributed by atoms with van der Waals surface area (Å²) in [6.07, 6.45) is 0. The summed E-state index contributed by atoms with van der Waals surface area (Å²) in [5, 5.41) is 16.5. The molecule has 3 nitrogen and oxygen atoms in total. The second-order valence-electron chi connectivity index (χ2n) is 10.5. The van der Waals surface area contributed by atoms with Gasteiger partial charge in [-0.1, -0.05) is 94.4 Å². The van der Waals surface area contributed by atoms with Gasteiger partial charge < -0.3 is 0 Å². The van der Waals surface area contributed by atoms with E-state index in [1.165, 1.54) is 53.6 Å². The molecule has 0 N–H and O–H groups in total. The highest BCUT2D eigenvalue weighted by Gasteiger charge is 2.32. The largest absolute Gasteiger partial charge is 0.277 e.